The lowest BCUT2D eigenvalue weighted by Gasteiger charge is -2.38. The largest absolute Gasteiger partial charge is 0.387 e. The summed E-state index contributed by atoms with van der Waals surface area (Å²) >= 11 is 1.79. The van der Waals surface area contributed by atoms with E-state index in [1.165, 1.54) is 4.88 Å². The molecule has 0 amide bonds. The lowest BCUT2D eigenvalue weighted by molar-refractivity contribution is 0.153. The molecular weight excluding hydrogens is 246 g/mol. The van der Waals surface area contributed by atoms with Crippen molar-refractivity contribution < 1.29 is 5.11 Å². The molecule has 0 bridgehead atoms. The molecule has 5 heteroatoms. The van der Waals surface area contributed by atoms with Gasteiger partial charge in [-0.2, -0.15) is 0 Å². The van der Waals surface area contributed by atoms with Crippen LogP contribution in [0.25, 0.3) is 0 Å². The highest BCUT2D eigenvalue weighted by molar-refractivity contribution is 7.15. The van der Waals surface area contributed by atoms with Crippen LogP contribution in [-0.4, -0.2) is 47.7 Å². The molecule has 0 radical (unpaired) electrons. The number of thiazole rings is 1. The molecule has 0 spiro atoms. The highest BCUT2D eigenvalue weighted by Crippen LogP contribution is 2.37. The van der Waals surface area contributed by atoms with E-state index < -0.39 is 0 Å². The number of hydrogen-bond donors (Lipinski definition) is 1. The van der Waals surface area contributed by atoms with Crippen LogP contribution in [0.3, 0.4) is 0 Å². The number of piperazine rings is 1. The van der Waals surface area contributed by atoms with Gasteiger partial charge in [0.05, 0.1) is 11.8 Å². The minimum Gasteiger partial charge on any atom is -0.387 e. The van der Waals surface area contributed by atoms with Crippen molar-refractivity contribution in [2.75, 3.05) is 31.6 Å². The van der Waals surface area contributed by atoms with E-state index in [0.29, 0.717) is 6.04 Å². The van der Waals surface area contributed by atoms with Crippen molar-refractivity contribution in [3.63, 3.8) is 0 Å². The summed E-state index contributed by atoms with van der Waals surface area (Å²) in [4.78, 5) is 10.8. The van der Waals surface area contributed by atoms with Crippen LogP contribution in [0.15, 0.2) is 0 Å². The van der Waals surface area contributed by atoms with Crippen LogP contribution in [0.2, 0.25) is 0 Å². The summed E-state index contributed by atoms with van der Waals surface area (Å²) in [5, 5.41) is 11.1. The Bertz CT molecular complexity index is 434. The van der Waals surface area contributed by atoms with Crippen molar-refractivity contribution in [2.24, 2.45) is 0 Å². The molecule has 2 aliphatic rings. The summed E-state index contributed by atoms with van der Waals surface area (Å²) in [5.41, 5.74) is 0.951. The summed E-state index contributed by atoms with van der Waals surface area (Å²) in [5.74, 6) is 0. The lowest BCUT2D eigenvalue weighted by atomic mass is 10.0. The molecule has 0 aromatic carbocycles. The Morgan fingerprint density at radius 3 is 2.94 bits per heavy atom. The molecule has 1 N–H and O–H groups in total. The van der Waals surface area contributed by atoms with Gasteiger partial charge in [-0.1, -0.05) is 0 Å². The van der Waals surface area contributed by atoms with E-state index in [9.17, 15) is 5.11 Å². The van der Waals surface area contributed by atoms with Gasteiger partial charge in [-0.3, -0.25) is 0 Å². The van der Waals surface area contributed by atoms with Gasteiger partial charge in [-0.05, 0) is 33.2 Å². The van der Waals surface area contributed by atoms with Gasteiger partial charge in [0.25, 0.3) is 0 Å². The van der Waals surface area contributed by atoms with Gasteiger partial charge in [0.2, 0.25) is 0 Å². The fraction of sp³-hybridized carbons (Fsp3) is 0.769. The number of rotatable bonds is 1. The number of likely N-dealkylation sites (N-methyl/N-ethyl adjacent to an activating group) is 1. The maximum Gasteiger partial charge on any atom is 0.186 e. The monoisotopic (exact) mass is 267 g/mol. The number of aryl methyl sites for hydroxylation is 1. The summed E-state index contributed by atoms with van der Waals surface area (Å²) in [6.45, 7) is 5.48. The molecule has 1 aliphatic carbocycles. The third-order valence-corrected chi connectivity index (χ3v) is 5.16. The Morgan fingerprint density at radius 1 is 1.39 bits per heavy atom. The van der Waals surface area contributed by atoms with Crippen molar-refractivity contribution in [3.05, 3.63) is 10.6 Å². The van der Waals surface area contributed by atoms with Crippen molar-refractivity contribution in [2.45, 2.75) is 38.3 Å². The highest BCUT2D eigenvalue weighted by atomic mass is 32.1. The van der Waals surface area contributed by atoms with E-state index in [1.54, 1.807) is 11.3 Å². The molecule has 18 heavy (non-hydrogen) atoms. The molecule has 2 atom stereocenters. The topological polar surface area (TPSA) is 39.6 Å². The number of fused-ring (bicyclic) bond motifs is 1. The first-order chi connectivity index (χ1) is 8.65. The second-order valence-corrected chi connectivity index (χ2v) is 6.58. The van der Waals surface area contributed by atoms with E-state index in [-0.39, 0.29) is 6.10 Å². The minimum atomic E-state index is -0.332. The van der Waals surface area contributed by atoms with Gasteiger partial charge in [0, 0.05) is 30.6 Å². The van der Waals surface area contributed by atoms with Crippen molar-refractivity contribution in [1.82, 2.24) is 9.88 Å². The Hall–Kier alpha value is -0.650. The van der Waals surface area contributed by atoms with Crippen LogP contribution in [0.5, 0.6) is 0 Å². The first-order valence-corrected chi connectivity index (χ1v) is 7.59. The van der Waals surface area contributed by atoms with Gasteiger partial charge >= 0.3 is 0 Å². The Balaban J connectivity index is 1.84. The summed E-state index contributed by atoms with van der Waals surface area (Å²) in [6, 6.07) is 0.508. The predicted octanol–water partition coefficient (Wildman–Crippen LogP) is 1.65. The first-order valence-electron chi connectivity index (χ1n) is 6.78. The normalized spacial score (nSPS) is 29.4. The average molecular weight is 267 g/mol. The lowest BCUT2D eigenvalue weighted by Crippen LogP contribution is -2.50. The van der Waals surface area contributed by atoms with Crippen LogP contribution in [-0.2, 0) is 6.42 Å². The molecule has 1 fully saturated rings. The number of anilines is 1. The van der Waals surface area contributed by atoms with Gasteiger partial charge in [0.15, 0.2) is 5.13 Å². The molecule has 1 aromatic heterocycles. The Morgan fingerprint density at radius 2 is 2.22 bits per heavy atom. The van der Waals surface area contributed by atoms with Crippen molar-refractivity contribution in [3.8, 4) is 0 Å². The summed E-state index contributed by atoms with van der Waals surface area (Å²) in [6.07, 6.45) is 2.72. The van der Waals surface area contributed by atoms with Gasteiger partial charge < -0.3 is 14.9 Å². The minimum absolute atomic E-state index is 0.332. The number of aliphatic hydroxyl groups is 1. The van der Waals surface area contributed by atoms with Crippen LogP contribution < -0.4 is 4.90 Å². The van der Waals surface area contributed by atoms with Gasteiger partial charge in [-0.15, -0.1) is 11.3 Å². The van der Waals surface area contributed by atoms with Gasteiger partial charge in [-0.25, -0.2) is 4.98 Å². The number of aromatic nitrogens is 1. The highest BCUT2D eigenvalue weighted by Gasteiger charge is 2.28. The predicted molar refractivity (Wildman–Crippen MR) is 74.3 cm³/mol. The van der Waals surface area contributed by atoms with E-state index >= 15 is 0 Å². The zero-order valence-electron chi connectivity index (χ0n) is 11.1. The maximum absolute atomic E-state index is 10.00. The quantitative estimate of drug-likeness (QED) is 0.840. The van der Waals surface area contributed by atoms with Crippen molar-refractivity contribution in [1.29, 1.82) is 0 Å². The molecule has 1 saturated heterocycles. The third-order valence-electron chi connectivity index (χ3n) is 3.99. The second kappa shape index (κ2) is 4.79. The molecule has 0 saturated carbocycles. The van der Waals surface area contributed by atoms with E-state index in [1.807, 2.05) is 0 Å². The van der Waals surface area contributed by atoms with E-state index in [2.05, 4.69) is 23.8 Å². The zero-order chi connectivity index (χ0) is 12.7. The summed E-state index contributed by atoms with van der Waals surface area (Å²) in [7, 11) is 2.17. The molecule has 3 rings (SSSR count). The van der Waals surface area contributed by atoms with Crippen LogP contribution in [0.4, 0.5) is 5.13 Å². The molecule has 1 aromatic rings. The Kier molecular flexibility index (Phi) is 3.30. The fourth-order valence-electron chi connectivity index (χ4n) is 2.93. The number of aliphatic hydroxyl groups excluding tert-OH is 1. The second-order valence-electron chi connectivity index (χ2n) is 5.52. The first kappa shape index (κ1) is 12.4. The third kappa shape index (κ3) is 2.15. The molecule has 2 unspecified atom stereocenters. The Labute approximate surface area is 112 Å². The van der Waals surface area contributed by atoms with Gasteiger partial charge in [0.1, 0.15) is 0 Å². The fourth-order valence-corrected chi connectivity index (χ4v) is 4.22. The standard InChI is InChI=1S/C13H21N3OS/c1-9-8-15(2)6-7-16(9)13-14-12-10(17)4-3-5-11(12)18-13/h9-10,17H,3-8H2,1-2H3. The van der Waals surface area contributed by atoms with Crippen LogP contribution in [0.1, 0.15) is 36.4 Å². The van der Waals surface area contributed by atoms with Crippen LogP contribution in [0, 0.1) is 0 Å². The molecule has 2 heterocycles. The molecule has 4 nitrogen and oxygen atoms in total. The average Bonchev–Trinajstić information content (AvgIpc) is 2.74. The molecule has 100 valence electrons. The van der Waals surface area contributed by atoms with Crippen molar-refractivity contribution >= 4 is 16.5 Å². The number of nitrogens with zero attached hydrogens (tertiary/aromatic N) is 3. The SMILES string of the molecule is CC1CN(C)CCN1c1nc2c(s1)CCCC2O. The smallest absolute Gasteiger partial charge is 0.186 e. The number of hydrogen-bond acceptors (Lipinski definition) is 5. The summed E-state index contributed by atoms with van der Waals surface area (Å²) < 4.78 is 0. The zero-order valence-corrected chi connectivity index (χ0v) is 11.9. The molecule has 1 aliphatic heterocycles. The maximum atomic E-state index is 10.00. The van der Waals surface area contributed by atoms with E-state index in [4.69, 9.17) is 4.98 Å². The van der Waals surface area contributed by atoms with E-state index in [0.717, 1.165) is 49.7 Å². The van der Waals surface area contributed by atoms with Crippen LogP contribution >= 0.6 is 11.3 Å². The molecular formula is C13H21N3OS.